The van der Waals surface area contributed by atoms with Gasteiger partial charge in [-0.1, -0.05) is 6.07 Å². The first kappa shape index (κ1) is 11.6. The van der Waals surface area contributed by atoms with Crippen LogP contribution in [0.5, 0.6) is 0 Å². The lowest BCUT2D eigenvalue weighted by Crippen LogP contribution is -2.09. The van der Waals surface area contributed by atoms with E-state index < -0.39 is 5.97 Å². The van der Waals surface area contributed by atoms with Gasteiger partial charge in [-0.15, -0.1) is 0 Å². The Morgan fingerprint density at radius 3 is 3.06 bits per heavy atom. The Kier molecular flexibility index (Phi) is 3.39. The molecule has 17 heavy (non-hydrogen) atoms. The number of carbonyl (C=O) groups excluding carboxylic acids is 1. The smallest absolute Gasteiger partial charge is 0.358 e. The Morgan fingerprint density at radius 1 is 1.53 bits per heavy atom. The number of hydrogen-bond donors (Lipinski definition) is 1. The predicted molar refractivity (Wildman–Crippen MR) is 63.9 cm³/mol. The largest absolute Gasteiger partial charge is 0.464 e. The van der Waals surface area contributed by atoms with Gasteiger partial charge in [-0.25, -0.2) is 9.78 Å². The van der Waals surface area contributed by atoms with Crippen LogP contribution in [0.1, 0.15) is 22.6 Å². The molecule has 90 valence electrons. The van der Waals surface area contributed by atoms with E-state index in [4.69, 9.17) is 10.5 Å². The van der Waals surface area contributed by atoms with Crippen LogP contribution in [0.15, 0.2) is 24.4 Å². The molecule has 0 radical (unpaired) electrons. The third kappa shape index (κ3) is 2.14. The summed E-state index contributed by atoms with van der Waals surface area (Å²) in [4.78, 5) is 15.9. The second kappa shape index (κ2) is 4.97. The molecule has 0 aliphatic heterocycles. The highest BCUT2D eigenvalue weighted by molar-refractivity contribution is 5.89. The summed E-state index contributed by atoms with van der Waals surface area (Å²) >= 11 is 0. The van der Waals surface area contributed by atoms with Crippen molar-refractivity contribution in [3.05, 3.63) is 35.8 Å². The minimum absolute atomic E-state index is 0.382. The number of nitrogens with zero attached hydrogens (tertiary/aromatic N) is 2. The highest BCUT2D eigenvalue weighted by atomic mass is 16.5. The number of rotatable bonds is 4. The van der Waals surface area contributed by atoms with Gasteiger partial charge < -0.3 is 14.9 Å². The molecule has 0 amide bonds. The van der Waals surface area contributed by atoms with Crippen LogP contribution in [0.3, 0.4) is 0 Å². The Balaban J connectivity index is 2.52. The summed E-state index contributed by atoms with van der Waals surface area (Å²) in [5.74, 6) is -0.402. The van der Waals surface area contributed by atoms with Crippen LogP contribution < -0.4 is 5.73 Å². The van der Waals surface area contributed by atoms with E-state index >= 15 is 0 Å². The Hall–Kier alpha value is -1.88. The van der Waals surface area contributed by atoms with Gasteiger partial charge in [-0.05, 0) is 31.5 Å². The number of carbonyl (C=O) groups is 1. The quantitative estimate of drug-likeness (QED) is 0.800. The van der Waals surface area contributed by atoms with Crippen LogP contribution >= 0.6 is 0 Å². The third-order valence-electron chi connectivity index (χ3n) is 2.63. The fourth-order valence-corrected chi connectivity index (χ4v) is 1.82. The zero-order chi connectivity index (χ0) is 12.3. The van der Waals surface area contributed by atoms with Gasteiger partial charge in [-0.2, -0.15) is 0 Å². The number of hydrogen-bond acceptors (Lipinski definition) is 4. The predicted octanol–water partition coefficient (Wildman–Crippen LogP) is 1.01. The first-order chi connectivity index (χ1) is 8.27. The van der Waals surface area contributed by atoms with Crippen molar-refractivity contribution in [3.8, 4) is 0 Å². The molecular weight excluding hydrogens is 218 g/mol. The van der Waals surface area contributed by atoms with Gasteiger partial charge in [0.2, 0.25) is 0 Å². The summed E-state index contributed by atoms with van der Waals surface area (Å²) in [6, 6.07) is 5.65. The number of fused-ring (bicyclic) bond motifs is 1. The van der Waals surface area contributed by atoms with E-state index in [1.165, 1.54) is 7.11 Å². The number of pyridine rings is 1. The number of aryl methyl sites for hydroxylation is 1. The van der Waals surface area contributed by atoms with Gasteiger partial charge in [0.05, 0.1) is 12.8 Å². The lowest BCUT2D eigenvalue weighted by atomic mass is 10.2. The average Bonchev–Trinajstić information content (AvgIpc) is 2.74. The molecule has 0 saturated carbocycles. The zero-order valence-electron chi connectivity index (χ0n) is 9.72. The SMILES string of the molecule is COC(=O)c1nc2ccccn2c1CCCN. The van der Waals surface area contributed by atoms with E-state index in [1.54, 1.807) is 0 Å². The first-order valence-corrected chi connectivity index (χ1v) is 5.52. The summed E-state index contributed by atoms with van der Waals surface area (Å²) in [5, 5.41) is 0. The van der Waals surface area contributed by atoms with Crippen LogP contribution in [-0.4, -0.2) is 29.0 Å². The molecule has 0 fully saturated rings. The molecule has 0 saturated heterocycles. The average molecular weight is 233 g/mol. The lowest BCUT2D eigenvalue weighted by molar-refractivity contribution is 0.0593. The molecule has 2 N–H and O–H groups in total. The third-order valence-corrected chi connectivity index (χ3v) is 2.63. The second-order valence-electron chi connectivity index (χ2n) is 3.72. The van der Waals surface area contributed by atoms with E-state index in [2.05, 4.69) is 4.98 Å². The fraction of sp³-hybridized carbons (Fsp3) is 0.333. The normalized spacial score (nSPS) is 10.7. The molecule has 0 spiro atoms. The summed E-state index contributed by atoms with van der Waals surface area (Å²) in [6.07, 6.45) is 3.42. The maximum atomic E-state index is 11.6. The van der Waals surface area contributed by atoms with Crippen molar-refractivity contribution >= 4 is 11.6 Å². The number of nitrogens with two attached hydrogens (primary N) is 1. The molecule has 5 nitrogen and oxygen atoms in total. The summed E-state index contributed by atoms with van der Waals surface area (Å²) in [6.45, 7) is 0.584. The van der Waals surface area contributed by atoms with Crippen molar-refractivity contribution in [2.24, 2.45) is 5.73 Å². The van der Waals surface area contributed by atoms with Crippen LogP contribution in [0.25, 0.3) is 5.65 Å². The molecule has 0 bridgehead atoms. The maximum Gasteiger partial charge on any atom is 0.358 e. The first-order valence-electron chi connectivity index (χ1n) is 5.52. The van der Waals surface area contributed by atoms with Crippen LogP contribution in [0.4, 0.5) is 0 Å². The standard InChI is InChI=1S/C12H15N3O2/c1-17-12(16)11-9(5-4-7-13)15-8-3-2-6-10(15)14-11/h2-3,6,8H,4-5,7,13H2,1H3. The molecule has 2 rings (SSSR count). The summed E-state index contributed by atoms with van der Waals surface area (Å²) in [7, 11) is 1.36. The maximum absolute atomic E-state index is 11.6. The molecule has 2 aromatic heterocycles. The molecule has 0 aliphatic rings. The van der Waals surface area contributed by atoms with Crippen molar-refractivity contribution in [2.75, 3.05) is 13.7 Å². The van der Waals surface area contributed by atoms with Crippen LogP contribution in [0, 0.1) is 0 Å². The number of ether oxygens (including phenoxy) is 1. The minimum Gasteiger partial charge on any atom is -0.464 e. The molecule has 2 aromatic rings. The van der Waals surface area contributed by atoms with E-state index in [0.29, 0.717) is 18.7 Å². The Bertz CT molecular complexity index is 534. The molecule has 5 heteroatoms. The van der Waals surface area contributed by atoms with E-state index in [1.807, 2.05) is 28.8 Å². The molecular formula is C12H15N3O2. The van der Waals surface area contributed by atoms with Crippen molar-refractivity contribution in [3.63, 3.8) is 0 Å². The van der Waals surface area contributed by atoms with Gasteiger partial charge in [-0.3, -0.25) is 0 Å². The van der Waals surface area contributed by atoms with Crippen molar-refractivity contribution in [1.82, 2.24) is 9.38 Å². The number of esters is 1. The van der Waals surface area contributed by atoms with Crippen molar-refractivity contribution in [1.29, 1.82) is 0 Å². The van der Waals surface area contributed by atoms with Crippen molar-refractivity contribution < 1.29 is 9.53 Å². The summed E-state index contributed by atoms with van der Waals surface area (Å²) in [5.41, 5.74) is 7.49. The fourth-order valence-electron chi connectivity index (χ4n) is 1.82. The topological polar surface area (TPSA) is 69.6 Å². The van der Waals surface area contributed by atoms with Gasteiger partial charge in [0.25, 0.3) is 0 Å². The molecule has 0 unspecified atom stereocenters. The number of aromatic nitrogens is 2. The highest BCUT2D eigenvalue weighted by Crippen LogP contribution is 2.15. The van der Waals surface area contributed by atoms with Gasteiger partial charge >= 0.3 is 5.97 Å². The number of imidazole rings is 1. The second-order valence-corrected chi connectivity index (χ2v) is 3.72. The Labute approximate surface area is 99.2 Å². The highest BCUT2D eigenvalue weighted by Gasteiger charge is 2.18. The monoisotopic (exact) mass is 233 g/mol. The van der Waals surface area contributed by atoms with Crippen molar-refractivity contribution in [2.45, 2.75) is 12.8 Å². The molecule has 0 aromatic carbocycles. The van der Waals surface area contributed by atoms with E-state index in [0.717, 1.165) is 17.8 Å². The van der Waals surface area contributed by atoms with Crippen LogP contribution in [0.2, 0.25) is 0 Å². The number of methoxy groups -OCH3 is 1. The van der Waals surface area contributed by atoms with Gasteiger partial charge in [0.15, 0.2) is 5.69 Å². The molecule has 0 aliphatic carbocycles. The Morgan fingerprint density at radius 2 is 2.35 bits per heavy atom. The van der Waals surface area contributed by atoms with Crippen LogP contribution in [-0.2, 0) is 11.2 Å². The minimum atomic E-state index is -0.402. The zero-order valence-corrected chi connectivity index (χ0v) is 9.72. The summed E-state index contributed by atoms with van der Waals surface area (Å²) < 4.78 is 6.65. The lowest BCUT2D eigenvalue weighted by Gasteiger charge is -2.02. The van der Waals surface area contributed by atoms with E-state index in [-0.39, 0.29) is 0 Å². The van der Waals surface area contributed by atoms with Gasteiger partial charge in [0, 0.05) is 6.20 Å². The van der Waals surface area contributed by atoms with E-state index in [9.17, 15) is 4.79 Å². The molecule has 2 heterocycles. The molecule has 0 atom stereocenters. The van der Waals surface area contributed by atoms with Gasteiger partial charge in [0.1, 0.15) is 5.65 Å².